The second-order valence-corrected chi connectivity index (χ2v) is 8.71. The van der Waals surface area contributed by atoms with Gasteiger partial charge in [0.15, 0.2) is 15.8 Å². The van der Waals surface area contributed by atoms with Gasteiger partial charge in [-0.15, -0.1) is 0 Å². The molecule has 1 aliphatic rings. The number of rotatable bonds is 6. The van der Waals surface area contributed by atoms with Gasteiger partial charge in [-0.2, -0.15) is 0 Å². The Labute approximate surface area is 181 Å². The first kappa shape index (κ1) is 21.4. The van der Waals surface area contributed by atoms with Crippen LogP contribution in [0.5, 0.6) is 11.5 Å². The van der Waals surface area contributed by atoms with E-state index in [2.05, 4.69) is 6.92 Å². The van der Waals surface area contributed by atoms with Crippen LogP contribution in [-0.4, -0.2) is 23.4 Å². The number of ether oxygens (including phenoxy) is 2. The molecule has 0 spiro atoms. The van der Waals surface area contributed by atoms with Gasteiger partial charge in [-0.3, -0.25) is 9.69 Å². The highest BCUT2D eigenvalue weighted by molar-refractivity contribution is 8.27. The van der Waals surface area contributed by atoms with Gasteiger partial charge in [0, 0.05) is 0 Å². The molecule has 3 rings (SSSR count). The van der Waals surface area contributed by atoms with Gasteiger partial charge in [-0.25, -0.2) is 0 Å². The van der Waals surface area contributed by atoms with Crippen molar-refractivity contribution >= 4 is 46.0 Å². The third kappa shape index (κ3) is 4.65. The van der Waals surface area contributed by atoms with Crippen molar-refractivity contribution < 1.29 is 14.3 Å². The number of methoxy groups -OCH3 is 1. The largest absolute Gasteiger partial charge is 0.493 e. The molecule has 152 valence electrons. The first-order valence-corrected chi connectivity index (χ1v) is 10.8. The standard InChI is InChI=1S/C23H25NO3S2/c1-6-16(4)27-19-10-8-17(12-20(19)26-5)13-21-22(25)24(23(28)29-21)18-9-7-14(2)15(3)11-18/h7-13,16H,6H2,1-5H3. The van der Waals surface area contributed by atoms with Gasteiger partial charge in [0.05, 0.1) is 23.8 Å². The number of hydrogen-bond acceptors (Lipinski definition) is 5. The monoisotopic (exact) mass is 427 g/mol. The number of carbonyl (C=O) groups is 1. The summed E-state index contributed by atoms with van der Waals surface area (Å²) in [6.45, 7) is 8.17. The molecule has 1 atom stereocenters. The Hall–Kier alpha value is -2.31. The summed E-state index contributed by atoms with van der Waals surface area (Å²) in [4.78, 5) is 15.2. The first-order chi connectivity index (χ1) is 13.8. The molecule has 0 N–H and O–H groups in total. The SMILES string of the molecule is CCC(C)Oc1ccc(C=C2SC(=S)N(c3ccc(C)c(C)c3)C2=O)cc1OC. The van der Waals surface area contributed by atoms with Crippen LogP contribution in [0.15, 0.2) is 41.3 Å². The molecule has 2 aromatic carbocycles. The summed E-state index contributed by atoms with van der Waals surface area (Å²) >= 11 is 6.79. The molecule has 1 amide bonds. The van der Waals surface area contributed by atoms with E-state index < -0.39 is 0 Å². The zero-order valence-electron chi connectivity index (χ0n) is 17.3. The lowest BCUT2D eigenvalue weighted by Gasteiger charge is -2.16. The van der Waals surface area contributed by atoms with Gasteiger partial charge in [-0.1, -0.05) is 43.0 Å². The predicted molar refractivity (Wildman–Crippen MR) is 125 cm³/mol. The normalized spacial score (nSPS) is 16.4. The quantitative estimate of drug-likeness (QED) is 0.424. The van der Waals surface area contributed by atoms with Crippen molar-refractivity contribution in [2.75, 3.05) is 12.0 Å². The number of hydrogen-bond donors (Lipinski definition) is 0. The number of aryl methyl sites for hydroxylation is 2. The third-order valence-corrected chi connectivity index (χ3v) is 6.23. The number of benzene rings is 2. The molecule has 4 nitrogen and oxygen atoms in total. The summed E-state index contributed by atoms with van der Waals surface area (Å²) in [5.41, 5.74) is 3.97. The molecular weight excluding hydrogens is 402 g/mol. The van der Waals surface area contributed by atoms with E-state index in [9.17, 15) is 4.79 Å². The average Bonchev–Trinajstić information content (AvgIpc) is 2.98. The number of carbonyl (C=O) groups excluding carboxylic acids is 1. The minimum absolute atomic E-state index is 0.101. The number of amides is 1. The van der Waals surface area contributed by atoms with Crippen molar-refractivity contribution in [2.45, 2.75) is 40.2 Å². The van der Waals surface area contributed by atoms with E-state index >= 15 is 0 Å². The highest BCUT2D eigenvalue weighted by Gasteiger charge is 2.33. The Morgan fingerprint density at radius 1 is 1.14 bits per heavy atom. The maximum Gasteiger partial charge on any atom is 0.270 e. The van der Waals surface area contributed by atoms with Crippen molar-refractivity contribution in [1.82, 2.24) is 0 Å². The minimum atomic E-state index is -0.109. The Morgan fingerprint density at radius 3 is 2.55 bits per heavy atom. The molecule has 0 bridgehead atoms. The maximum absolute atomic E-state index is 13.0. The van der Waals surface area contributed by atoms with Crippen molar-refractivity contribution in [3.63, 3.8) is 0 Å². The average molecular weight is 428 g/mol. The van der Waals surface area contributed by atoms with Crippen LogP contribution in [0.3, 0.4) is 0 Å². The second-order valence-electron chi connectivity index (χ2n) is 7.03. The number of thioether (sulfide) groups is 1. The predicted octanol–water partition coefficient (Wildman–Crippen LogP) is 5.90. The molecule has 29 heavy (non-hydrogen) atoms. The van der Waals surface area contributed by atoms with Crippen LogP contribution in [0.4, 0.5) is 5.69 Å². The number of thiocarbonyl (C=S) groups is 1. The fraction of sp³-hybridized carbons (Fsp3) is 0.304. The summed E-state index contributed by atoms with van der Waals surface area (Å²) < 4.78 is 11.9. The fourth-order valence-electron chi connectivity index (χ4n) is 2.88. The zero-order valence-corrected chi connectivity index (χ0v) is 18.9. The molecule has 0 aliphatic carbocycles. The van der Waals surface area contributed by atoms with Gasteiger partial charge in [-0.05, 0) is 74.2 Å². The lowest BCUT2D eigenvalue weighted by molar-refractivity contribution is -0.113. The molecule has 1 unspecified atom stereocenters. The van der Waals surface area contributed by atoms with Gasteiger partial charge in [0.2, 0.25) is 0 Å². The van der Waals surface area contributed by atoms with Crippen LogP contribution in [0.1, 0.15) is 37.0 Å². The first-order valence-electron chi connectivity index (χ1n) is 9.54. The van der Waals surface area contributed by atoms with Crippen molar-refractivity contribution in [1.29, 1.82) is 0 Å². The second kappa shape index (κ2) is 9.01. The van der Waals surface area contributed by atoms with Crippen LogP contribution in [0.2, 0.25) is 0 Å². The molecular formula is C23H25NO3S2. The van der Waals surface area contributed by atoms with E-state index in [0.717, 1.165) is 23.2 Å². The van der Waals surface area contributed by atoms with Gasteiger partial charge < -0.3 is 9.47 Å². The van der Waals surface area contributed by atoms with E-state index in [-0.39, 0.29) is 12.0 Å². The molecule has 1 fully saturated rings. The topological polar surface area (TPSA) is 38.8 Å². The van der Waals surface area contributed by atoms with Crippen molar-refractivity contribution in [3.8, 4) is 11.5 Å². The molecule has 1 heterocycles. The molecule has 1 aliphatic heterocycles. The van der Waals surface area contributed by atoms with Gasteiger partial charge in [0.1, 0.15) is 0 Å². The van der Waals surface area contributed by atoms with E-state index in [1.807, 2.05) is 63.2 Å². The van der Waals surface area contributed by atoms with E-state index in [0.29, 0.717) is 20.7 Å². The fourth-order valence-corrected chi connectivity index (χ4v) is 4.18. The van der Waals surface area contributed by atoms with Crippen molar-refractivity contribution in [3.05, 3.63) is 58.0 Å². The molecule has 6 heteroatoms. The van der Waals surface area contributed by atoms with E-state index in [4.69, 9.17) is 21.7 Å². The molecule has 0 saturated carbocycles. The number of nitrogens with zero attached hydrogens (tertiary/aromatic N) is 1. The molecule has 2 aromatic rings. The Bertz CT molecular complexity index is 984. The van der Waals surface area contributed by atoms with Gasteiger partial charge in [0.25, 0.3) is 5.91 Å². The third-order valence-electron chi connectivity index (χ3n) is 4.93. The van der Waals surface area contributed by atoms with E-state index in [1.54, 1.807) is 12.0 Å². The van der Waals surface area contributed by atoms with Crippen LogP contribution < -0.4 is 14.4 Å². The summed E-state index contributed by atoms with van der Waals surface area (Å²) in [5.74, 6) is 1.23. The Morgan fingerprint density at radius 2 is 1.90 bits per heavy atom. The Kier molecular flexibility index (Phi) is 6.65. The van der Waals surface area contributed by atoms with Gasteiger partial charge >= 0.3 is 0 Å². The van der Waals surface area contributed by atoms with E-state index in [1.165, 1.54) is 17.3 Å². The summed E-state index contributed by atoms with van der Waals surface area (Å²) in [5, 5.41) is 0. The number of anilines is 1. The van der Waals surface area contributed by atoms with Crippen LogP contribution in [-0.2, 0) is 4.79 Å². The van der Waals surface area contributed by atoms with Crippen LogP contribution >= 0.6 is 24.0 Å². The smallest absolute Gasteiger partial charge is 0.270 e. The molecule has 1 saturated heterocycles. The highest BCUT2D eigenvalue weighted by Crippen LogP contribution is 2.37. The highest BCUT2D eigenvalue weighted by atomic mass is 32.2. The van der Waals surface area contributed by atoms with Crippen LogP contribution in [0.25, 0.3) is 6.08 Å². The zero-order chi connectivity index (χ0) is 21.1. The molecule has 0 aromatic heterocycles. The lowest BCUT2D eigenvalue weighted by atomic mass is 10.1. The molecule has 0 radical (unpaired) electrons. The van der Waals surface area contributed by atoms with Crippen molar-refractivity contribution in [2.24, 2.45) is 0 Å². The lowest BCUT2D eigenvalue weighted by Crippen LogP contribution is -2.27. The summed E-state index contributed by atoms with van der Waals surface area (Å²) in [6.07, 6.45) is 2.85. The minimum Gasteiger partial charge on any atom is -0.493 e. The summed E-state index contributed by atoms with van der Waals surface area (Å²) in [6, 6.07) is 11.6. The maximum atomic E-state index is 13.0. The summed E-state index contributed by atoms with van der Waals surface area (Å²) in [7, 11) is 1.61. The van der Waals surface area contributed by atoms with Crippen LogP contribution in [0, 0.1) is 13.8 Å². The Balaban J connectivity index is 1.88.